The van der Waals surface area contributed by atoms with E-state index in [9.17, 15) is 9.59 Å². The van der Waals surface area contributed by atoms with Crippen LogP contribution in [0.4, 0.5) is 0 Å². The van der Waals surface area contributed by atoms with Crippen molar-refractivity contribution in [2.75, 3.05) is 60.2 Å². The predicted octanol–water partition coefficient (Wildman–Crippen LogP) is -0.189. The second-order valence-electron chi connectivity index (χ2n) is 5.95. The highest BCUT2D eigenvalue weighted by Gasteiger charge is 2.11. The Balaban J connectivity index is 1.66. The number of carbonyl (C=O) groups excluding carboxylic acids is 2. The van der Waals surface area contributed by atoms with Crippen molar-refractivity contribution < 1.29 is 23.8 Å². The van der Waals surface area contributed by atoms with E-state index < -0.39 is 0 Å². The molecular weight excluding hydrogens is 338 g/mol. The smallest absolute Gasteiger partial charge is 0.239 e. The van der Waals surface area contributed by atoms with Crippen LogP contribution in [0.15, 0.2) is 18.2 Å². The van der Waals surface area contributed by atoms with Gasteiger partial charge in [0.05, 0.1) is 40.4 Å². The summed E-state index contributed by atoms with van der Waals surface area (Å²) < 4.78 is 15.7. The average molecular weight is 365 g/mol. The molecule has 0 bridgehead atoms. The Morgan fingerprint density at radius 1 is 1.08 bits per heavy atom. The fourth-order valence-corrected chi connectivity index (χ4v) is 2.66. The lowest BCUT2D eigenvalue weighted by Crippen LogP contribution is -2.43. The van der Waals surface area contributed by atoms with Gasteiger partial charge in [-0.1, -0.05) is 6.07 Å². The van der Waals surface area contributed by atoms with Crippen LogP contribution in [-0.2, 0) is 20.7 Å². The molecule has 8 heteroatoms. The highest BCUT2D eigenvalue weighted by atomic mass is 16.5. The third-order valence-electron chi connectivity index (χ3n) is 4.11. The number of nitrogens with zero attached hydrogens (tertiary/aromatic N) is 1. The van der Waals surface area contributed by atoms with Crippen molar-refractivity contribution in [1.82, 2.24) is 15.5 Å². The Morgan fingerprint density at radius 2 is 1.81 bits per heavy atom. The highest BCUT2D eigenvalue weighted by Crippen LogP contribution is 2.27. The molecular formula is C18H27N3O5. The minimum atomic E-state index is -0.222. The van der Waals surface area contributed by atoms with Crippen LogP contribution < -0.4 is 20.1 Å². The van der Waals surface area contributed by atoms with Crippen LogP contribution in [0.5, 0.6) is 11.5 Å². The monoisotopic (exact) mass is 365 g/mol. The minimum absolute atomic E-state index is 0.0325. The molecule has 1 fully saturated rings. The zero-order valence-electron chi connectivity index (χ0n) is 15.4. The second-order valence-corrected chi connectivity index (χ2v) is 5.95. The zero-order valence-corrected chi connectivity index (χ0v) is 15.4. The van der Waals surface area contributed by atoms with Gasteiger partial charge in [0.25, 0.3) is 0 Å². The van der Waals surface area contributed by atoms with E-state index in [4.69, 9.17) is 14.2 Å². The molecule has 1 aromatic rings. The van der Waals surface area contributed by atoms with Crippen LogP contribution in [0.1, 0.15) is 5.56 Å². The molecule has 0 unspecified atom stereocenters. The molecule has 2 amide bonds. The summed E-state index contributed by atoms with van der Waals surface area (Å²) in [5, 5.41) is 5.44. The number of hydrogen-bond donors (Lipinski definition) is 2. The van der Waals surface area contributed by atoms with Gasteiger partial charge in [-0.25, -0.2) is 0 Å². The average Bonchev–Trinajstić information content (AvgIpc) is 2.67. The van der Waals surface area contributed by atoms with E-state index in [1.165, 1.54) is 0 Å². The number of carbonyl (C=O) groups is 2. The summed E-state index contributed by atoms with van der Waals surface area (Å²) >= 11 is 0. The van der Waals surface area contributed by atoms with Crippen LogP contribution >= 0.6 is 0 Å². The van der Waals surface area contributed by atoms with E-state index in [1.54, 1.807) is 32.4 Å². The largest absolute Gasteiger partial charge is 0.493 e. The van der Waals surface area contributed by atoms with Crippen molar-refractivity contribution in [2.24, 2.45) is 0 Å². The van der Waals surface area contributed by atoms with Crippen molar-refractivity contribution in [3.8, 4) is 11.5 Å². The van der Waals surface area contributed by atoms with Gasteiger partial charge in [0.2, 0.25) is 11.8 Å². The molecule has 0 saturated carbocycles. The lowest BCUT2D eigenvalue weighted by molar-refractivity contribution is -0.125. The van der Waals surface area contributed by atoms with E-state index in [-0.39, 0.29) is 24.8 Å². The predicted molar refractivity (Wildman–Crippen MR) is 96.5 cm³/mol. The van der Waals surface area contributed by atoms with Gasteiger partial charge in [-0.2, -0.15) is 0 Å². The summed E-state index contributed by atoms with van der Waals surface area (Å²) in [5.41, 5.74) is 0.785. The summed E-state index contributed by atoms with van der Waals surface area (Å²) in [6, 6.07) is 5.30. The van der Waals surface area contributed by atoms with Crippen LogP contribution in [0.2, 0.25) is 0 Å². The molecule has 2 N–H and O–H groups in total. The summed E-state index contributed by atoms with van der Waals surface area (Å²) in [6.07, 6.45) is 0.168. The summed E-state index contributed by atoms with van der Waals surface area (Å²) in [4.78, 5) is 26.1. The minimum Gasteiger partial charge on any atom is -0.493 e. The first-order chi connectivity index (χ1) is 12.6. The first-order valence-corrected chi connectivity index (χ1v) is 8.66. The lowest BCUT2D eigenvalue weighted by atomic mass is 10.1. The van der Waals surface area contributed by atoms with Gasteiger partial charge in [0.15, 0.2) is 11.5 Å². The fourth-order valence-electron chi connectivity index (χ4n) is 2.66. The number of methoxy groups -OCH3 is 2. The molecule has 1 aliphatic heterocycles. The van der Waals surface area contributed by atoms with Gasteiger partial charge in [-0.05, 0) is 17.7 Å². The van der Waals surface area contributed by atoms with Crippen molar-refractivity contribution in [3.63, 3.8) is 0 Å². The van der Waals surface area contributed by atoms with Gasteiger partial charge in [0.1, 0.15) is 0 Å². The molecule has 0 atom stereocenters. The number of ether oxygens (including phenoxy) is 3. The van der Waals surface area contributed by atoms with Crippen LogP contribution in [0.3, 0.4) is 0 Å². The Hall–Kier alpha value is -2.32. The van der Waals surface area contributed by atoms with Crippen molar-refractivity contribution in [3.05, 3.63) is 23.8 Å². The van der Waals surface area contributed by atoms with Gasteiger partial charge < -0.3 is 24.8 Å². The molecule has 26 heavy (non-hydrogen) atoms. The number of benzene rings is 1. The Morgan fingerprint density at radius 3 is 2.50 bits per heavy atom. The molecule has 1 heterocycles. The standard InChI is InChI=1S/C18H27N3O5/c1-24-15-4-3-14(11-16(15)25-2)12-17(22)20-13-18(23)19-5-6-21-7-9-26-10-8-21/h3-4,11H,5-10,12-13H2,1-2H3,(H,19,23)(H,20,22). The maximum absolute atomic E-state index is 12.0. The van der Waals surface area contributed by atoms with E-state index >= 15 is 0 Å². The summed E-state index contributed by atoms with van der Waals surface area (Å²) in [7, 11) is 3.10. The van der Waals surface area contributed by atoms with Crippen molar-refractivity contribution >= 4 is 11.8 Å². The highest BCUT2D eigenvalue weighted by molar-refractivity contribution is 5.85. The van der Waals surface area contributed by atoms with Crippen LogP contribution in [-0.4, -0.2) is 76.9 Å². The summed E-state index contributed by atoms with van der Waals surface area (Å²) in [5.74, 6) is 0.759. The first kappa shape index (κ1) is 20.0. The summed E-state index contributed by atoms with van der Waals surface area (Å²) in [6.45, 7) is 4.56. The van der Waals surface area contributed by atoms with Crippen LogP contribution in [0, 0.1) is 0 Å². The van der Waals surface area contributed by atoms with Gasteiger partial charge >= 0.3 is 0 Å². The number of hydrogen-bond acceptors (Lipinski definition) is 6. The van der Waals surface area contributed by atoms with E-state index in [0.29, 0.717) is 18.0 Å². The second kappa shape index (κ2) is 10.6. The van der Waals surface area contributed by atoms with Crippen molar-refractivity contribution in [2.45, 2.75) is 6.42 Å². The Kier molecular flexibility index (Phi) is 8.17. The Labute approximate surface area is 153 Å². The number of nitrogens with one attached hydrogen (secondary N) is 2. The van der Waals surface area contributed by atoms with E-state index in [0.717, 1.165) is 38.4 Å². The van der Waals surface area contributed by atoms with Crippen molar-refractivity contribution in [1.29, 1.82) is 0 Å². The molecule has 144 valence electrons. The lowest BCUT2D eigenvalue weighted by Gasteiger charge is -2.26. The quantitative estimate of drug-likeness (QED) is 0.631. The third-order valence-corrected chi connectivity index (χ3v) is 4.11. The molecule has 1 aliphatic rings. The van der Waals surface area contributed by atoms with Crippen LogP contribution in [0.25, 0.3) is 0 Å². The molecule has 0 radical (unpaired) electrons. The number of morpholine rings is 1. The maximum atomic E-state index is 12.0. The zero-order chi connectivity index (χ0) is 18.8. The maximum Gasteiger partial charge on any atom is 0.239 e. The van der Waals surface area contributed by atoms with Gasteiger partial charge in [0, 0.05) is 26.2 Å². The first-order valence-electron chi connectivity index (χ1n) is 8.66. The topological polar surface area (TPSA) is 89.1 Å². The molecule has 2 rings (SSSR count). The van der Waals surface area contributed by atoms with E-state index in [1.807, 2.05) is 0 Å². The van der Waals surface area contributed by atoms with Gasteiger partial charge in [-0.3, -0.25) is 14.5 Å². The molecule has 8 nitrogen and oxygen atoms in total. The normalized spacial score (nSPS) is 14.5. The number of amides is 2. The molecule has 0 spiro atoms. The Bertz CT molecular complexity index is 602. The molecule has 1 aromatic carbocycles. The number of rotatable bonds is 9. The van der Waals surface area contributed by atoms with E-state index in [2.05, 4.69) is 15.5 Å². The third kappa shape index (κ3) is 6.53. The molecule has 0 aliphatic carbocycles. The molecule has 1 saturated heterocycles. The molecule has 0 aromatic heterocycles. The SMILES string of the molecule is COc1ccc(CC(=O)NCC(=O)NCCN2CCOCC2)cc1OC. The van der Waals surface area contributed by atoms with Gasteiger partial charge in [-0.15, -0.1) is 0 Å². The fraction of sp³-hybridized carbons (Fsp3) is 0.556.